The number of sulfonamides is 1. The van der Waals surface area contributed by atoms with Gasteiger partial charge in [0.2, 0.25) is 0 Å². The first-order chi connectivity index (χ1) is 12.4. The SMILES string of the molecule is NC(=O)c1cc(S(=O)(=O)N2CCCOCC2)sc1NC(=O)c1cc[nH]n1. The number of aromatic amines is 1. The molecule has 0 bridgehead atoms. The Hall–Kier alpha value is -2.28. The molecule has 0 aliphatic carbocycles. The minimum atomic E-state index is -3.82. The average molecular weight is 399 g/mol. The van der Waals surface area contributed by atoms with Crippen LogP contribution in [-0.4, -0.2) is 61.0 Å². The van der Waals surface area contributed by atoms with E-state index in [0.717, 1.165) is 11.3 Å². The summed E-state index contributed by atoms with van der Waals surface area (Å²) in [7, 11) is -3.82. The smallest absolute Gasteiger partial charge is 0.276 e. The van der Waals surface area contributed by atoms with Gasteiger partial charge in [0.1, 0.15) is 14.9 Å². The lowest BCUT2D eigenvalue weighted by Crippen LogP contribution is -2.32. The zero-order chi connectivity index (χ0) is 18.7. The second kappa shape index (κ2) is 7.53. The predicted octanol–water partition coefficient (Wildman–Crippen LogP) is 0.233. The van der Waals surface area contributed by atoms with E-state index in [4.69, 9.17) is 10.5 Å². The Morgan fingerprint density at radius 2 is 2.15 bits per heavy atom. The van der Waals surface area contributed by atoms with Crippen LogP contribution >= 0.6 is 11.3 Å². The number of amides is 2. The minimum Gasteiger partial charge on any atom is -0.380 e. The summed E-state index contributed by atoms with van der Waals surface area (Å²) < 4.78 is 32.2. The Morgan fingerprint density at radius 3 is 2.85 bits per heavy atom. The number of H-pyrrole nitrogens is 1. The maximum Gasteiger partial charge on any atom is 0.276 e. The highest BCUT2D eigenvalue weighted by Crippen LogP contribution is 2.33. The first kappa shape index (κ1) is 18.5. The zero-order valence-electron chi connectivity index (χ0n) is 13.6. The zero-order valence-corrected chi connectivity index (χ0v) is 15.2. The standard InChI is InChI=1S/C14H17N5O5S2/c15-12(20)9-8-11(26(22,23)19-4-1-6-24-7-5-19)25-14(9)17-13(21)10-2-3-16-18-10/h2-3,8H,1,4-7H2,(H2,15,20)(H,16,18)(H,17,21). The van der Waals surface area contributed by atoms with E-state index in [9.17, 15) is 18.0 Å². The van der Waals surface area contributed by atoms with Crippen molar-refractivity contribution in [2.75, 3.05) is 31.6 Å². The number of nitrogens with zero attached hydrogens (tertiary/aromatic N) is 2. The maximum absolute atomic E-state index is 12.8. The van der Waals surface area contributed by atoms with Gasteiger partial charge in [-0.15, -0.1) is 11.3 Å². The van der Waals surface area contributed by atoms with E-state index in [-0.39, 0.29) is 27.0 Å². The number of primary amides is 1. The Labute approximate surface area is 153 Å². The van der Waals surface area contributed by atoms with Crippen molar-refractivity contribution < 1.29 is 22.7 Å². The van der Waals surface area contributed by atoms with Crippen LogP contribution in [0.2, 0.25) is 0 Å². The molecule has 3 rings (SSSR count). The van der Waals surface area contributed by atoms with Crippen LogP contribution in [-0.2, 0) is 14.8 Å². The van der Waals surface area contributed by atoms with Crippen molar-refractivity contribution in [3.63, 3.8) is 0 Å². The monoisotopic (exact) mass is 399 g/mol. The number of anilines is 1. The third-order valence-corrected chi connectivity index (χ3v) is 7.11. The summed E-state index contributed by atoms with van der Waals surface area (Å²) in [6, 6.07) is 2.63. The van der Waals surface area contributed by atoms with E-state index in [2.05, 4.69) is 15.5 Å². The molecule has 0 unspecified atom stereocenters. The number of nitrogens with one attached hydrogen (secondary N) is 2. The van der Waals surface area contributed by atoms with E-state index < -0.39 is 21.8 Å². The van der Waals surface area contributed by atoms with Crippen molar-refractivity contribution in [2.24, 2.45) is 5.73 Å². The van der Waals surface area contributed by atoms with Crippen LogP contribution in [0, 0.1) is 0 Å². The molecule has 2 amide bonds. The second-order valence-electron chi connectivity index (χ2n) is 5.46. The van der Waals surface area contributed by atoms with Crippen LogP contribution in [0.15, 0.2) is 22.5 Å². The molecule has 1 fully saturated rings. The fourth-order valence-corrected chi connectivity index (χ4v) is 5.40. The molecule has 4 N–H and O–H groups in total. The van der Waals surface area contributed by atoms with Gasteiger partial charge in [-0.2, -0.15) is 9.40 Å². The van der Waals surface area contributed by atoms with Crippen molar-refractivity contribution >= 4 is 38.2 Å². The number of ether oxygens (including phenoxy) is 1. The van der Waals surface area contributed by atoms with E-state index in [0.29, 0.717) is 26.2 Å². The van der Waals surface area contributed by atoms with Gasteiger partial charge in [-0.3, -0.25) is 14.7 Å². The summed E-state index contributed by atoms with van der Waals surface area (Å²) in [5, 5.41) is 8.79. The highest BCUT2D eigenvalue weighted by molar-refractivity contribution is 7.91. The normalized spacial score (nSPS) is 16.2. The Bertz CT molecular complexity index is 898. The molecule has 2 aromatic rings. The summed E-state index contributed by atoms with van der Waals surface area (Å²) in [5.41, 5.74) is 5.37. The molecular weight excluding hydrogens is 382 g/mol. The molecule has 10 nitrogen and oxygen atoms in total. The molecule has 1 aliphatic heterocycles. The van der Waals surface area contributed by atoms with Gasteiger partial charge in [-0.1, -0.05) is 0 Å². The van der Waals surface area contributed by atoms with Gasteiger partial charge < -0.3 is 15.8 Å². The topological polar surface area (TPSA) is 147 Å². The van der Waals surface area contributed by atoms with Gasteiger partial charge in [-0.25, -0.2) is 8.42 Å². The van der Waals surface area contributed by atoms with Gasteiger partial charge in [0.15, 0.2) is 0 Å². The van der Waals surface area contributed by atoms with Gasteiger partial charge in [0, 0.05) is 25.9 Å². The number of thiophene rings is 1. The van der Waals surface area contributed by atoms with Crippen LogP contribution in [0.25, 0.3) is 0 Å². The highest BCUT2D eigenvalue weighted by atomic mass is 32.2. The van der Waals surface area contributed by atoms with Crippen LogP contribution in [0.4, 0.5) is 5.00 Å². The third-order valence-electron chi connectivity index (χ3n) is 3.71. The molecule has 1 saturated heterocycles. The number of nitrogens with two attached hydrogens (primary N) is 1. The van der Waals surface area contributed by atoms with E-state index in [1.165, 1.54) is 22.6 Å². The van der Waals surface area contributed by atoms with E-state index in [1.54, 1.807) is 0 Å². The first-order valence-electron chi connectivity index (χ1n) is 7.72. The van der Waals surface area contributed by atoms with Gasteiger partial charge in [0.25, 0.3) is 21.8 Å². The fraction of sp³-hybridized carbons (Fsp3) is 0.357. The number of carbonyl (C=O) groups is 2. The summed E-state index contributed by atoms with van der Waals surface area (Å²) >= 11 is 0.780. The third kappa shape index (κ3) is 3.77. The lowest BCUT2D eigenvalue weighted by Gasteiger charge is -2.17. The van der Waals surface area contributed by atoms with Crippen LogP contribution in [0.3, 0.4) is 0 Å². The quantitative estimate of drug-likeness (QED) is 0.656. The molecule has 0 saturated carbocycles. The van der Waals surface area contributed by atoms with Crippen molar-refractivity contribution in [3.05, 3.63) is 29.6 Å². The molecule has 12 heteroatoms. The van der Waals surface area contributed by atoms with E-state index >= 15 is 0 Å². The molecule has 26 heavy (non-hydrogen) atoms. The molecule has 3 heterocycles. The van der Waals surface area contributed by atoms with Crippen LogP contribution in [0.5, 0.6) is 0 Å². The van der Waals surface area contributed by atoms with Crippen LogP contribution < -0.4 is 11.1 Å². The lowest BCUT2D eigenvalue weighted by molar-refractivity contribution is 0.100. The first-order valence-corrected chi connectivity index (χ1v) is 9.98. The van der Waals surface area contributed by atoms with E-state index in [1.807, 2.05) is 0 Å². The maximum atomic E-state index is 12.8. The molecule has 0 aromatic carbocycles. The molecule has 2 aromatic heterocycles. The average Bonchev–Trinajstić information content (AvgIpc) is 3.19. The number of aromatic nitrogens is 2. The number of hydrogen-bond acceptors (Lipinski definition) is 7. The fourth-order valence-electron chi connectivity index (χ4n) is 2.42. The van der Waals surface area contributed by atoms with Crippen molar-refractivity contribution in [1.82, 2.24) is 14.5 Å². The molecular formula is C14H17N5O5S2. The number of hydrogen-bond donors (Lipinski definition) is 3. The minimum absolute atomic E-state index is 0.0643. The van der Waals surface area contributed by atoms with Crippen molar-refractivity contribution in [1.29, 1.82) is 0 Å². The molecule has 1 aliphatic rings. The second-order valence-corrected chi connectivity index (χ2v) is 8.67. The molecule has 140 valence electrons. The van der Waals surface area contributed by atoms with Gasteiger partial charge in [-0.05, 0) is 18.6 Å². The Kier molecular flexibility index (Phi) is 5.36. The highest BCUT2D eigenvalue weighted by Gasteiger charge is 2.30. The summed E-state index contributed by atoms with van der Waals surface area (Å²) in [6.45, 7) is 1.34. The molecule has 0 atom stereocenters. The molecule has 0 radical (unpaired) electrons. The largest absolute Gasteiger partial charge is 0.380 e. The lowest BCUT2D eigenvalue weighted by atomic mass is 10.3. The summed E-state index contributed by atoms with van der Waals surface area (Å²) in [4.78, 5) is 23.8. The summed E-state index contributed by atoms with van der Waals surface area (Å²) in [5.74, 6) is -1.41. The number of rotatable bonds is 5. The predicted molar refractivity (Wildman–Crippen MR) is 93.6 cm³/mol. The molecule has 0 spiro atoms. The van der Waals surface area contributed by atoms with Crippen LogP contribution in [0.1, 0.15) is 27.3 Å². The Balaban J connectivity index is 1.91. The van der Waals surface area contributed by atoms with Gasteiger partial charge >= 0.3 is 0 Å². The Morgan fingerprint density at radius 1 is 1.35 bits per heavy atom. The number of carbonyl (C=O) groups excluding carboxylic acids is 2. The van der Waals surface area contributed by atoms with Gasteiger partial charge in [0.05, 0.1) is 12.2 Å². The van der Waals surface area contributed by atoms with Crippen molar-refractivity contribution in [3.8, 4) is 0 Å². The summed E-state index contributed by atoms with van der Waals surface area (Å²) in [6.07, 6.45) is 2.05. The van der Waals surface area contributed by atoms with Crippen molar-refractivity contribution in [2.45, 2.75) is 10.6 Å².